The molecule has 0 amide bonds. The molecule has 0 aliphatic heterocycles. The molecule has 2 aromatic rings. The van der Waals surface area contributed by atoms with Crippen molar-refractivity contribution < 1.29 is 4.39 Å². The fourth-order valence-electron chi connectivity index (χ4n) is 2.14. The third-order valence-electron chi connectivity index (χ3n) is 3.77. The highest BCUT2D eigenvalue weighted by atomic mass is 32.2. The van der Waals surface area contributed by atoms with E-state index in [1.54, 1.807) is 17.8 Å². The number of halogens is 1. The quantitative estimate of drug-likeness (QED) is 0.852. The lowest BCUT2D eigenvalue weighted by Crippen LogP contribution is -2.22. The predicted octanol–water partition coefficient (Wildman–Crippen LogP) is 4.87. The molecule has 112 valence electrons. The maximum absolute atomic E-state index is 14.1. The summed E-state index contributed by atoms with van der Waals surface area (Å²) in [5.41, 5.74) is 9.26. The van der Waals surface area contributed by atoms with E-state index in [-0.39, 0.29) is 11.9 Å². The third-order valence-corrected chi connectivity index (χ3v) is 4.86. The van der Waals surface area contributed by atoms with Gasteiger partial charge in [0.15, 0.2) is 0 Å². The van der Waals surface area contributed by atoms with Gasteiger partial charge in [-0.1, -0.05) is 30.8 Å². The van der Waals surface area contributed by atoms with Crippen molar-refractivity contribution in [3.8, 4) is 0 Å². The molecule has 1 nitrogen and oxygen atoms in total. The lowest BCUT2D eigenvalue weighted by molar-refractivity contribution is 0.571. The van der Waals surface area contributed by atoms with Gasteiger partial charge in [0.25, 0.3) is 0 Å². The second-order valence-corrected chi connectivity index (χ2v) is 6.55. The largest absolute Gasteiger partial charge is 0.327 e. The predicted molar refractivity (Wildman–Crippen MR) is 88.4 cm³/mol. The van der Waals surface area contributed by atoms with Gasteiger partial charge in [0.2, 0.25) is 0 Å². The van der Waals surface area contributed by atoms with Gasteiger partial charge in [0.1, 0.15) is 5.82 Å². The number of hydrogen-bond acceptors (Lipinski definition) is 2. The van der Waals surface area contributed by atoms with Crippen LogP contribution in [0.2, 0.25) is 0 Å². The van der Waals surface area contributed by atoms with Crippen molar-refractivity contribution >= 4 is 11.8 Å². The second-order valence-electron chi connectivity index (χ2n) is 5.44. The molecule has 0 saturated heterocycles. The van der Waals surface area contributed by atoms with Gasteiger partial charge in [0.05, 0.1) is 0 Å². The number of benzene rings is 2. The van der Waals surface area contributed by atoms with Crippen LogP contribution in [0.5, 0.6) is 0 Å². The van der Waals surface area contributed by atoms with Gasteiger partial charge in [-0.05, 0) is 62.1 Å². The minimum Gasteiger partial charge on any atom is -0.327 e. The van der Waals surface area contributed by atoms with E-state index in [1.807, 2.05) is 13.0 Å². The summed E-state index contributed by atoms with van der Waals surface area (Å²) < 4.78 is 14.1. The van der Waals surface area contributed by atoms with E-state index in [4.69, 9.17) is 5.73 Å². The van der Waals surface area contributed by atoms with Crippen molar-refractivity contribution in [3.63, 3.8) is 0 Å². The van der Waals surface area contributed by atoms with Crippen molar-refractivity contribution in [1.29, 1.82) is 0 Å². The topological polar surface area (TPSA) is 26.0 Å². The van der Waals surface area contributed by atoms with Crippen molar-refractivity contribution in [2.45, 2.75) is 49.4 Å². The minimum absolute atomic E-state index is 0.000930. The van der Waals surface area contributed by atoms with Gasteiger partial charge in [-0.2, -0.15) is 0 Å². The molecule has 1 unspecified atom stereocenters. The van der Waals surface area contributed by atoms with Crippen LogP contribution in [0.1, 0.15) is 30.0 Å². The van der Waals surface area contributed by atoms with E-state index < -0.39 is 0 Å². The van der Waals surface area contributed by atoms with Crippen molar-refractivity contribution in [2.75, 3.05) is 0 Å². The zero-order chi connectivity index (χ0) is 15.4. The van der Waals surface area contributed by atoms with E-state index in [9.17, 15) is 4.39 Å². The normalized spacial score (nSPS) is 12.4. The molecule has 0 aliphatic rings. The maximum atomic E-state index is 14.1. The molecular weight excluding hydrogens is 281 g/mol. The fraction of sp³-hybridized carbons (Fsp3) is 0.333. The summed E-state index contributed by atoms with van der Waals surface area (Å²) in [4.78, 5) is 2.09. The summed E-state index contributed by atoms with van der Waals surface area (Å²) in [6.07, 6.45) is 1.43. The van der Waals surface area contributed by atoms with Crippen LogP contribution in [0.3, 0.4) is 0 Å². The molecule has 0 spiro atoms. The van der Waals surface area contributed by atoms with Gasteiger partial charge in [0, 0.05) is 21.4 Å². The molecule has 21 heavy (non-hydrogen) atoms. The van der Waals surface area contributed by atoms with Crippen LogP contribution in [0.15, 0.2) is 46.2 Å². The van der Waals surface area contributed by atoms with Crippen LogP contribution in [-0.4, -0.2) is 6.04 Å². The molecule has 2 aromatic carbocycles. The number of hydrogen-bond donors (Lipinski definition) is 1. The highest BCUT2D eigenvalue weighted by Crippen LogP contribution is 2.33. The highest BCUT2D eigenvalue weighted by Gasteiger charge is 2.13. The van der Waals surface area contributed by atoms with Crippen molar-refractivity contribution in [3.05, 3.63) is 58.9 Å². The van der Waals surface area contributed by atoms with Crippen LogP contribution in [0, 0.1) is 19.7 Å². The van der Waals surface area contributed by atoms with Crippen LogP contribution in [-0.2, 0) is 6.42 Å². The van der Waals surface area contributed by atoms with Gasteiger partial charge in [-0.25, -0.2) is 4.39 Å². The molecule has 0 aliphatic carbocycles. The van der Waals surface area contributed by atoms with Gasteiger partial charge in [-0.3, -0.25) is 0 Å². The smallest absolute Gasteiger partial charge is 0.127 e. The van der Waals surface area contributed by atoms with Crippen molar-refractivity contribution in [1.82, 2.24) is 0 Å². The van der Waals surface area contributed by atoms with E-state index in [0.29, 0.717) is 6.42 Å². The monoisotopic (exact) mass is 303 g/mol. The average molecular weight is 303 g/mol. The van der Waals surface area contributed by atoms with Crippen LogP contribution < -0.4 is 5.73 Å². The molecule has 3 heteroatoms. The molecule has 0 fully saturated rings. The Morgan fingerprint density at radius 3 is 2.57 bits per heavy atom. The molecule has 0 saturated carbocycles. The average Bonchev–Trinajstić information content (AvgIpc) is 2.46. The SMILES string of the molecule is CCC(N)Cc1c(F)cccc1Sc1ccc(C)c(C)c1. The Bertz CT molecular complexity index is 625. The Morgan fingerprint density at radius 1 is 1.14 bits per heavy atom. The Hall–Kier alpha value is -1.32. The van der Waals surface area contributed by atoms with E-state index in [1.165, 1.54) is 17.2 Å². The molecule has 0 radical (unpaired) electrons. The Balaban J connectivity index is 2.30. The number of rotatable bonds is 5. The summed E-state index contributed by atoms with van der Waals surface area (Å²) in [5, 5.41) is 0. The lowest BCUT2D eigenvalue weighted by atomic mass is 10.0. The Labute approximate surface area is 130 Å². The van der Waals surface area contributed by atoms with Crippen LogP contribution in [0.4, 0.5) is 4.39 Å². The Kier molecular flexibility index (Phi) is 5.43. The first-order valence-electron chi connectivity index (χ1n) is 7.29. The Morgan fingerprint density at radius 2 is 1.90 bits per heavy atom. The molecule has 0 heterocycles. The van der Waals surface area contributed by atoms with E-state index in [2.05, 4.69) is 32.0 Å². The van der Waals surface area contributed by atoms with Crippen LogP contribution in [0.25, 0.3) is 0 Å². The summed E-state index contributed by atoms with van der Waals surface area (Å²) in [6.45, 7) is 6.22. The zero-order valence-corrected chi connectivity index (χ0v) is 13.6. The first-order chi connectivity index (χ1) is 10.0. The summed E-state index contributed by atoms with van der Waals surface area (Å²) in [5.74, 6) is -0.160. The molecule has 1 atom stereocenters. The zero-order valence-electron chi connectivity index (χ0n) is 12.8. The summed E-state index contributed by atoms with van der Waals surface area (Å²) >= 11 is 1.61. The second kappa shape index (κ2) is 7.10. The van der Waals surface area contributed by atoms with Crippen molar-refractivity contribution in [2.24, 2.45) is 5.73 Å². The third kappa shape index (κ3) is 4.08. The first kappa shape index (κ1) is 16.1. The van der Waals surface area contributed by atoms with Crippen LogP contribution >= 0.6 is 11.8 Å². The molecule has 2 rings (SSSR count). The number of aryl methyl sites for hydroxylation is 2. The lowest BCUT2D eigenvalue weighted by Gasteiger charge is -2.14. The molecular formula is C18H22FNS. The summed E-state index contributed by atoms with van der Waals surface area (Å²) in [7, 11) is 0. The maximum Gasteiger partial charge on any atom is 0.127 e. The van der Waals surface area contributed by atoms with E-state index >= 15 is 0 Å². The molecule has 0 aromatic heterocycles. The first-order valence-corrected chi connectivity index (χ1v) is 8.11. The van der Waals surface area contributed by atoms with Gasteiger partial charge in [-0.15, -0.1) is 0 Å². The number of nitrogens with two attached hydrogens (primary N) is 1. The van der Waals surface area contributed by atoms with Gasteiger partial charge >= 0.3 is 0 Å². The molecule has 0 bridgehead atoms. The summed E-state index contributed by atoms with van der Waals surface area (Å²) in [6, 6.07) is 11.6. The standard InChI is InChI=1S/C18H22FNS/c1-4-14(20)11-16-17(19)6-5-7-18(16)21-15-9-8-12(2)13(3)10-15/h5-10,14H,4,11,20H2,1-3H3. The van der Waals surface area contributed by atoms with Gasteiger partial charge < -0.3 is 5.73 Å². The van der Waals surface area contributed by atoms with E-state index in [0.717, 1.165) is 21.8 Å². The highest BCUT2D eigenvalue weighted by molar-refractivity contribution is 7.99. The molecule has 2 N–H and O–H groups in total. The minimum atomic E-state index is -0.160. The fourth-order valence-corrected chi connectivity index (χ4v) is 3.22.